The van der Waals surface area contributed by atoms with Gasteiger partial charge in [0, 0.05) is 25.9 Å². The monoisotopic (exact) mass is 248 g/mol. The second-order valence-corrected chi connectivity index (χ2v) is 5.54. The molecule has 0 aliphatic carbocycles. The Morgan fingerprint density at radius 3 is 2.72 bits per heavy atom. The molecule has 2 rings (SSSR count). The Morgan fingerprint density at radius 2 is 2.11 bits per heavy atom. The van der Waals surface area contributed by atoms with Gasteiger partial charge in [0.1, 0.15) is 5.82 Å². The van der Waals surface area contributed by atoms with Gasteiger partial charge >= 0.3 is 0 Å². The fourth-order valence-electron chi connectivity index (χ4n) is 2.60. The minimum Gasteiger partial charge on any atom is -0.396 e. The molecule has 3 nitrogen and oxygen atoms in total. The molecular formula is C15H24N2O. The van der Waals surface area contributed by atoms with Crippen molar-refractivity contribution in [1.82, 2.24) is 4.98 Å². The van der Waals surface area contributed by atoms with E-state index in [1.807, 2.05) is 6.20 Å². The van der Waals surface area contributed by atoms with Crippen molar-refractivity contribution in [2.45, 2.75) is 39.0 Å². The van der Waals surface area contributed by atoms with Gasteiger partial charge < -0.3 is 10.0 Å². The number of hydrogen-bond acceptors (Lipinski definition) is 3. The van der Waals surface area contributed by atoms with Crippen LogP contribution in [0.1, 0.15) is 44.6 Å². The van der Waals surface area contributed by atoms with Crippen molar-refractivity contribution in [3.8, 4) is 0 Å². The largest absolute Gasteiger partial charge is 0.396 e. The van der Waals surface area contributed by atoms with Gasteiger partial charge in [-0.15, -0.1) is 0 Å². The molecule has 1 N–H and O–H groups in total. The van der Waals surface area contributed by atoms with E-state index in [0.29, 0.717) is 18.4 Å². The summed E-state index contributed by atoms with van der Waals surface area (Å²) in [5, 5.41) is 8.97. The molecule has 0 bridgehead atoms. The molecule has 18 heavy (non-hydrogen) atoms. The summed E-state index contributed by atoms with van der Waals surface area (Å²) in [4.78, 5) is 6.87. The van der Waals surface area contributed by atoms with E-state index in [2.05, 4.69) is 35.9 Å². The maximum absolute atomic E-state index is 8.97. The van der Waals surface area contributed by atoms with Crippen LogP contribution in [0.4, 0.5) is 5.82 Å². The molecule has 1 fully saturated rings. The van der Waals surface area contributed by atoms with Crippen LogP contribution in [0.25, 0.3) is 0 Å². The topological polar surface area (TPSA) is 36.4 Å². The number of aromatic nitrogens is 1. The Morgan fingerprint density at radius 1 is 1.39 bits per heavy atom. The lowest BCUT2D eigenvalue weighted by molar-refractivity contribution is 0.240. The van der Waals surface area contributed by atoms with Crippen molar-refractivity contribution in [2.24, 2.45) is 5.92 Å². The van der Waals surface area contributed by atoms with Gasteiger partial charge in [-0.05, 0) is 48.8 Å². The van der Waals surface area contributed by atoms with E-state index < -0.39 is 0 Å². The second kappa shape index (κ2) is 6.19. The molecule has 1 aliphatic rings. The molecule has 0 amide bonds. The Kier molecular flexibility index (Phi) is 4.59. The normalized spacial score (nSPS) is 17.4. The van der Waals surface area contributed by atoms with Gasteiger partial charge in [-0.2, -0.15) is 0 Å². The quantitative estimate of drug-likeness (QED) is 0.890. The molecule has 100 valence electrons. The number of hydrogen-bond donors (Lipinski definition) is 1. The number of piperidine rings is 1. The van der Waals surface area contributed by atoms with Gasteiger partial charge in [-0.3, -0.25) is 0 Å². The summed E-state index contributed by atoms with van der Waals surface area (Å²) in [6.45, 7) is 6.89. The number of pyridine rings is 1. The predicted molar refractivity (Wildman–Crippen MR) is 75.0 cm³/mol. The zero-order valence-corrected chi connectivity index (χ0v) is 11.5. The van der Waals surface area contributed by atoms with Gasteiger partial charge in [0.2, 0.25) is 0 Å². The predicted octanol–water partition coefficient (Wildman–Crippen LogP) is 2.80. The summed E-state index contributed by atoms with van der Waals surface area (Å²) in [5.74, 6) is 2.36. The van der Waals surface area contributed by atoms with E-state index in [1.54, 1.807) is 0 Å². The Balaban J connectivity index is 1.98. The average Bonchev–Trinajstić information content (AvgIpc) is 2.40. The number of anilines is 1. The highest BCUT2D eigenvalue weighted by Gasteiger charge is 2.19. The Hall–Kier alpha value is -1.09. The highest BCUT2D eigenvalue weighted by molar-refractivity contribution is 5.42. The summed E-state index contributed by atoms with van der Waals surface area (Å²) < 4.78 is 0. The molecule has 0 unspecified atom stereocenters. The molecule has 1 aromatic rings. The minimum absolute atomic E-state index is 0.325. The van der Waals surface area contributed by atoms with E-state index in [4.69, 9.17) is 5.11 Å². The molecule has 3 heteroatoms. The van der Waals surface area contributed by atoms with Gasteiger partial charge in [0.15, 0.2) is 0 Å². The van der Waals surface area contributed by atoms with Gasteiger partial charge in [0.25, 0.3) is 0 Å². The first-order valence-corrected chi connectivity index (χ1v) is 7.02. The third-order valence-corrected chi connectivity index (χ3v) is 3.91. The molecular weight excluding hydrogens is 224 g/mol. The standard InChI is InChI=1S/C15H24N2O/c1-12(2)14-3-7-16-15(11-14)17-8-4-13(5-9-17)6-10-18/h3,7,11-13,18H,4-6,8-10H2,1-2H3. The van der Waals surface area contributed by atoms with E-state index >= 15 is 0 Å². The van der Waals surface area contributed by atoms with Crippen molar-refractivity contribution in [2.75, 3.05) is 24.6 Å². The molecule has 0 spiro atoms. The van der Waals surface area contributed by atoms with Crippen LogP contribution in [0.5, 0.6) is 0 Å². The maximum atomic E-state index is 8.97. The fraction of sp³-hybridized carbons (Fsp3) is 0.667. The highest BCUT2D eigenvalue weighted by Crippen LogP contribution is 2.25. The first-order valence-electron chi connectivity index (χ1n) is 7.02. The van der Waals surface area contributed by atoms with Crippen molar-refractivity contribution in [1.29, 1.82) is 0 Å². The summed E-state index contributed by atoms with van der Waals surface area (Å²) >= 11 is 0. The lowest BCUT2D eigenvalue weighted by Gasteiger charge is -2.32. The zero-order valence-electron chi connectivity index (χ0n) is 11.5. The van der Waals surface area contributed by atoms with E-state index in [-0.39, 0.29) is 0 Å². The summed E-state index contributed by atoms with van der Waals surface area (Å²) in [5.41, 5.74) is 1.36. The van der Waals surface area contributed by atoms with Crippen molar-refractivity contribution >= 4 is 5.82 Å². The number of nitrogens with zero attached hydrogens (tertiary/aromatic N) is 2. The van der Waals surface area contributed by atoms with Crippen molar-refractivity contribution in [3.63, 3.8) is 0 Å². The summed E-state index contributed by atoms with van der Waals surface area (Å²) in [6.07, 6.45) is 5.22. The first kappa shape index (κ1) is 13.3. The maximum Gasteiger partial charge on any atom is 0.128 e. The van der Waals surface area contributed by atoms with Crippen LogP contribution in [0.2, 0.25) is 0 Å². The van der Waals surface area contributed by atoms with Crippen LogP contribution in [0.15, 0.2) is 18.3 Å². The fourth-order valence-corrected chi connectivity index (χ4v) is 2.60. The third-order valence-electron chi connectivity index (χ3n) is 3.91. The molecule has 1 saturated heterocycles. The summed E-state index contributed by atoms with van der Waals surface area (Å²) in [6, 6.07) is 4.32. The Labute approximate surface area is 110 Å². The molecule has 2 heterocycles. The second-order valence-electron chi connectivity index (χ2n) is 5.54. The molecule has 1 aromatic heterocycles. The third kappa shape index (κ3) is 3.22. The van der Waals surface area contributed by atoms with E-state index in [9.17, 15) is 0 Å². The molecule has 0 aromatic carbocycles. The van der Waals surface area contributed by atoms with Crippen LogP contribution in [-0.4, -0.2) is 29.8 Å². The molecule has 0 atom stereocenters. The Bertz CT molecular complexity index is 371. The van der Waals surface area contributed by atoms with Crippen molar-refractivity contribution < 1.29 is 5.11 Å². The molecule has 0 radical (unpaired) electrons. The number of aliphatic hydroxyl groups excluding tert-OH is 1. The van der Waals surface area contributed by atoms with Crippen LogP contribution in [0.3, 0.4) is 0 Å². The smallest absolute Gasteiger partial charge is 0.128 e. The minimum atomic E-state index is 0.325. The first-order chi connectivity index (χ1) is 8.70. The summed E-state index contributed by atoms with van der Waals surface area (Å²) in [7, 11) is 0. The number of aliphatic hydroxyl groups is 1. The SMILES string of the molecule is CC(C)c1ccnc(N2CCC(CCO)CC2)c1. The zero-order chi connectivity index (χ0) is 13.0. The van der Waals surface area contributed by atoms with Crippen LogP contribution in [0, 0.1) is 5.92 Å². The van der Waals surface area contributed by atoms with Gasteiger partial charge in [0.05, 0.1) is 0 Å². The van der Waals surface area contributed by atoms with Crippen LogP contribution >= 0.6 is 0 Å². The van der Waals surface area contributed by atoms with Crippen LogP contribution in [-0.2, 0) is 0 Å². The van der Waals surface area contributed by atoms with E-state index in [1.165, 1.54) is 18.4 Å². The van der Waals surface area contributed by atoms with E-state index in [0.717, 1.165) is 25.3 Å². The van der Waals surface area contributed by atoms with Crippen molar-refractivity contribution in [3.05, 3.63) is 23.9 Å². The lowest BCUT2D eigenvalue weighted by Crippen LogP contribution is -2.34. The highest BCUT2D eigenvalue weighted by atomic mass is 16.3. The van der Waals surface area contributed by atoms with Gasteiger partial charge in [-0.1, -0.05) is 13.8 Å². The molecule has 1 aliphatic heterocycles. The lowest BCUT2D eigenvalue weighted by atomic mass is 9.94. The molecule has 0 saturated carbocycles. The number of rotatable bonds is 4. The average molecular weight is 248 g/mol. The van der Waals surface area contributed by atoms with Gasteiger partial charge in [-0.25, -0.2) is 4.98 Å². The van der Waals surface area contributed by atoms with Crippen LogP contribution < -0.4 is 4.90 Å².